The lowest BCUT2D eigenvalue weighted by molar-refractivity contribution is 0.121. The van der Waals surface area contributed by atoms with Gasteiger partial charge in [0.05, 0.1) is 0 Å². The fourth-order valence-corrected chi connectivity index (χ4v) is 4.10. The lowest BCUT2D eigenvalue weighted by Crippen LogP contribution is -2.48. The van der Waals surface area contributed by atoms with E-state index in [1.807, 2.05) is 0 Å². The maximum absolute atomic E-state index is 2.67. The van der Waals surface area contributed by atoms with Crippen molar-refractivity contribution >= 4 is 6.85 Å². The van der Waals surface area contributed by atoms with E-state index < -0.39 is 0 Å². The zero-order valence-corrected chi connectivity index (χ0v) is 18.3. The van der Waals surface area contributed by atoms with Crippen LogP contribution in [0.3, 0.4) is 0 Å². The van der Waals surface area contributed by atoms with Crippen molar-refractivity contribution in [1.29, 1.82) is 0 Å². The summed E-state index contributed by atoms with van der Waals surface area (Å²) in [4.78, 5) is 10.5. The van der Waals surface area contributed by atoms with Gasteiger partial charge in [0.2, 0.25) is 6.85 Å². The van der Waals surface area contributed by atoms with Crippen molar-refractivity contribution in [2.75, 3.05) is 58.9 Å². The minimum atomic E-state index is 0.658. The third-order valence-electron chi connectivity index (χ3n) is 5.74. The van der Waals surface area contributed by atoms with Crippen LogP contribution in [-0.2, 0) is 0 Å². The number of hydrogen-bond acceptors (Lipinski definition) is 4. The summed E-state index contributed by atoms with van der Waals surface area (Å²) in [6, 6.07) is 1.34. The summed E-state index contributed by atoms with van der Waals surface area (Å²) in [6.45, 7) is 28.0. The third-order valence-corrected chi connectivity index (χ3v) is 5.74. The molecule has 0 bridgehead atoms. The van der Waals surface area contributed by atoms with Crippen LogP contribution in [0.2, 0.25) is 13.6 Å². The monoisotopic (exact) mass is 352 g/mol. The van der Waals surface area contributed by atoms with Gasteiger partial charge >= 0.3 is 0 Å². The van der Waals surface area contributed by atoms with E-state index in [0.29, 0.717) is 18.9 Å². The molecule has 0 aliphatic carbocycles. The number of piperazine rings is 1. The van der Waals surface area contributed by atoms with Gasteiger partial charge in [-0.2, -0.15) is 0 Å². The smallest absolute Gasteiger partial charge is 0.216 e. The van der Waals surface area contributed by atoms with E-state index >= 15 is 0 Å². The van der Waals surface area contributed by atoms with Crippen LogP contribution < -0.4 is 0 Å². The molecule has 1 rings (SSSR count). The van der Waals surface area contributed by atoms with Crippen molar-refractivity contribution in [3.63, 3.8) is 0 Å². The van der Waals surface area contributed by atoms with Crippen molar-refractivity contribution in [3.05, 3.63) is 0 Å². The zero-order valence-electron chi connectivity index (χ0n) is 18.3. The molecule has 0 radical (unpaired) electrons. The molecule has 0 spiro atoms. The molecule has 0 aromatic carbocycles. The van der Waals surface area contributed by atoms with E-state index in [0.717, 1.165) is 0 Å². The Morgan fingerprint density at radius 3 is 1.64 bits per heavy atom. The third kappa shape index (κ3) is 8.90. The highest BCUT2D eigenvalue weighted by molar-refractivity contribution is 6.52. The van der Waals surface area contributed by atoms with Crippen LogP contribution >= 0.6 is 0 Å². The van der Waals surface area contributed by atoms with Gasteiger partial charge in [-0.1, -0.05) is 34.4 Å². The fraction of sp³-hybridized carbons (Fsp3) is 1.00. The molecule has 0 unspecified atom stereocenters. The summed E-state index contributed by atoms with van der Waals surface area (Å²) in [5.74, 6) is 0. The Kier molecular flexibility index (Phi) is 11.3. The van der Waals surface area contributed by atoms with E-state index in [2.05, 4.69) is 67.8 Å². The van der Waals surface area contributed by atoms with E-state index in [1.54, 1.807) is 0 Å². The lowest BCUT2D eigenvalue weighted by Gasteiger charge is -2.36. The van der Waals surface area contributed by atoms with Crippen LogP contribution in [0.4, 0.5) is 0 Å². The Hall–Kier alpha value is -0.0951. The quantitative estimate of drug-likeness (QED) is 0.501. The molecule has 5 heteroatoms. The highest BCUT2D eigenvalue weighted by Crippen LogP contribution is 2.08. The topological polar surface area (TPSA) is 13.0 Å². The summed E-state index contributed by atoms with van der Waals surface area (Å²) in [5.41, 5.74) is 0. The Morgan fingerprint density at radius 1 is 0.800 bits per heavy atom. The highest BCUT2D eigenvalue weighted by Gasteiger charge is 2.19. The predicted octanol–water partition coefficient (Wildman–Crippen LogP) is 3.08. The molecule has 148 valence electrons. The fourth-order valence-electron chi connectivity index (χ4n) is 4.10. The minimum absolute atomic E-state index is 0.658. The summed E-state index contributed by atoms with van der Waals surface area (Å²) in [5, 5.41) is 0. The number of hydrogen-bond donors (Lipinski definition) is 0. The highest BCUT2D eigenvalue weighted by atomic mass is 15.3. The number of rotatable bonds is 12. The van der Waals surface area contributed by atoms with Crippen LogP contribution in [0.15, 0.2) is 0 Å². The predicted molar refractivity (Wildman–Crippen MR) is 114 cm³/mol. The first-order chi connectivity index (χ1) is 11.8. The van der Waals surface area contributed by atoms with Crippen LogP contribution in [0.5, 0.6) is 0 Å². The molecule has 1 saturated heterocycles. The Labute approximate surface area is 159 Å². The van der Waals surface area contributed by atoms with Crippen molar-refractivity contribution < 1.29 is 0 Å². The molecule has 0 aromatic rings. The Bertz CT molecular complexity index is 320. The second kappa shape index (κ2) is 12.3. The Morgan fingerprint density at radius 2 is 1.28 bits per heavy atom. The van der Waals surface area contributed by atoms with Gasteiger partial charge in [0.1, 0.15) is 0 Å². The lowest BCUT2D eigenvalue weighted by atomic mass is 9.65. The van der Waals surface area contributed by atoms with E-state index in [-0.39, 0.29) is 0 Å². The summed E-state index contributed by atoms with van der Waals surface area (Å²) in [7, 11) is 0. The number of nitrogens with zero attached hydrogens (tertiary/aromatic N) is 4. The maximum Gasteiger partial charge on any atom is 0.216 e. The van der Waals surface area contributed by atoms with Gasteiger partial charge in [-0.15, -0.1) is 0 Å². The van der Waals surface area contributed by atoms with Crippen molar-refractivity contribution in [3.8, 4) is 0 Å². The van der Waals surface area contributed by atoms with Crippen LogP contribution in [0, 0.1) is 0 Å². The van der Waals surface area contributed by atoms with Crippen LogP contribution in [-0.4, -0.2) is 97.3 Å². The molecule has 0 atom stereocenters. The molecular formula is C20H45BN4. The first-order valence-electron chi connectivity index (χ1n) is 10.8. The van der Waals surface area contributed by atoms with Crippen molar-refractivity contribution in [2.45, 2.75) is 73.2 Å². The molecule has 1 aliphatic rings. The normalized spacial score (nSPS) is 17.4. The largest absolute Gasteiger partial charge is 0.340 e. The van der Waals surface area contributed by atoms with Crippen LogP contribution in [0.1, 0.15) is 47.5 Å². The van der Waals surface area contributed by atoms with Crippen molar-refractivity contribution in [2.24, 2.45) is 0 Å². The van der Waals surface area contributed by atoms with Crippen LogP contribution in [0.25, 0.3) is 0 Å². The summed E-state index contributed by atoms with van der Waals surface area (Å²) >= 11 is 0. The molecule has 1 aliphatic heterocycles. The Balaban J connectivity index is 2.15. The summed E-state index contributed by atoms with van der Waals surface area (Å²) in [6.07, 6.45) is 2.61. The molecule has 0 N–H and O–H groups in total. The second-order valence-electron chi connectivity index (χ2n) is 8.54. The van der Waals surface area contributed by atoms with Crippen molar-refractivity contribution in [1.82, 2.24) is 19.5 Å². The molecule has 25 heavy (non-hydrogen) atoms. The first kappa shape index (κ1) is 22.9. The average molecular weight is 352 g/mol. The first-order valence-corrected chi connectivity index (χ1v) is 10.8. The molecule has 0 saturated carbocycles. The molecule has 1 fully saturated rings. The SMILES string of the molecule is CCN(CCCN1CCN(CCCN(B(C)C)C(C)C)CC1)C(C)C. The molecule has 0 aromatic heterocycles. The maximum atomic E-state index is 2.67. The standard InChI is InChI=1S/C20H45BN4/c1-8-24(19(2)3)13-9-11-22-15-17-23(18-16-22)12-10-14-25(20(4)5)21(6)7/h19-20H,8-18H2,1-7H3. The molecule has 4 nitrogen and oxygen atoms in total. The van der Waals surface area contributed by atoms with Gasteiger partial charge in [0, 0.05) is 32.2 Å². The van der Waals surface area contributed by atoms with Gasteiger partial charge in [-0.05, 0) is 65.5 Å². The second-order valence-corrected chi connectivity index (χ2v) is 8.54. The van der Waals surface area contributed by atoms with Gasteiger partial charge < -0.3 is 19.5 Å². The zero-order chi connectivity index (χ0) is 18.8. The minimum Gasteiger partial charge on any atom is -0.340 e. The summed E-state index contributed by atoms with van der Waals surface area (Å²) < 4.78 is 0. The van der Waals surface area contributed by atoms with Gasteiger partial charge in [0.25, 0.3) is 0 Å². The van der Waals surface area contributed by atoms with E-state index in [4.69, 9.17) is 0 Å². The molecule has 1 heterocycles. The van der Waals surface area contributed by atoms with Gasteiger partial charge in [0.15, 0.2) is 0 Å². The molecular weight excluding hydrogens is 307 g/mol. The average Bonchev–Trinajstić information content (AvgIpc) is 2.55. The van der Waals surface area contributed by atoms with Gasteiger partial charge in [-0.25, -0.2) is 0 Å². The molecule has 0 amide bonds. The van der Waals surface area contributed by atoms with E-state index in [9.17, 15) is 0 Å². The van der Waals surface area contributed by atoms with Gasteiger partial charge in [-0.3, -0.25) is 0 Å². The van der Waals surface area contributed by atoms with E-state index in [1.165, 1.54) is 71.7 Å².